The Kier molecular flexibility index (Phi) is 7.56. The molecule has 1 aliphatic heterocycles. The average molecular weight is 433 g/mol. The van der Waals surface area contributed by atoms with E-state index in [4.69, 9.17) is 0 Å². The molecule has 6 heteroatoms. The third kappa shape index (κ3) is 6.20. The molecule has 1 aliphatic rings. The molecule has 0 unspecified atom stereocenters. The van der Waals surface area contributed by atoms with E-state index in [0.717, 1.165) is 55.7 Å². The van der Waals surface area contributed by atoms with Crippen molar-refractivity contribution in [3.05, 3.63) is 95.8 Å². The van der Waals surface area contributed by atoms with Crippen LogP contribution in [-0.2, 0) is 24.2 Å². The van der Waals surface area contributed by atoms with E-state index >= 15 is 0 Å². The van der Waals surface area contributed by atoms with Crippen LogP contribution in [0.4, 0.5) is 4.39 Å². The van der Waals surface area contributed by atoms with Crippen molar-refractivity contribution in [1.82, 2.24) is 19.8 Å². The molecule has 4 rings (SSSR count). The van der Waals surface area contributed by atoms with E-state index in [1.165, 1.54) is 12.1 Å². The Labute approximate surface area is 188 Å². The molecule has 0 atom stereocenters. The molecule has 0 bridgehead atoms. The zero-order chi connectivity index (χ0) is 22.2. The van der Waals surface area contributed by atoms with Crippen LogP contribution >= 0.6 is 0 Å². The number of halogens is 1. The Morgan fingerprint density at radius 3 is 2.50 bits per heavy atom. The summed E-state index contributed by atoms with van der Waals surface area (Å²) in [7, 11) is 0. The monoisotopic (exact) mass is 432 g/mol. The Balaban J connectivity index is 1.38. The van der Waals surface area contributed by atoms with Gasteiger partial charge in [-0.15, -0.1) is 0 Å². The zero-order valence-corrected chi connectivity index (χ0v) is 18.2. The van der Waals surface area contributed by atoms with E-state index in [1.54, 1.807) is 18.3 Å². The Bertz CT molecular complexity index is 974. The molecule has 0 aliphatic carbocycles. The lowest BCUT2D eigenvalue weighted by molar-refractivity contribution is -0.134. The first kappa shape index (κ1) is 22.1. The molecule has 5 nitrogen and oxygen atoms in total. The maximum atomic E-state index is 13.3. The first-order valence-electron chi connectivity index (χ1n) is 11.2. The fourth-order valence-electron chi connectivity index (χ4n) is 4.26. The van der Waals surface area contributed by atoms with Gasteiger partial charge in [-0.25, -0.2) is 4.39 Å². The number of rotatable bonds is 8. The lowest BCUT2D eigenvalue weighted by atomic mass is 10.0. The van der Waals surface area contributed by atoms with Gasteiger partial charge in [-0.3, -0.25) is 14.8 Å². The highest BCUT2D eigenvalue weighted by Crippen LogP contribution is 2.21. The number of benzene rings is 1. The van der Waals surface area contributed by atoms with Crippen molar-refractivity contribution in [3.8, 4) is 0 Å². The van der Waals surface area contributed by atoms with Gasteiger partial charge in [-0.2, -0.15) is 0 Å². The van der Waals surface area contributed by atoms with Crippen molar-refractivity contribution in [2.45, 2.75) is 38.3 Å². The van der Waals surface area contributed by atoms with Crippen LogP contribution in [0, 0.1) is 5.82 Å². The molecule has 166 valence electrons. The number of carbonyl (C=O) groups excluding carboxylic acids is 1. The van der Waals surface area contributed by atoms with Gasteiger partial charge < -0.3 is 9.80 Å². The number of piperidine rings is 1. The number of carbonyl (C=O) groups is 1. The van der Waals surface area contributed by atoms with Crippen molar-refractivity contribution < 1.29 is 9.18 Å². The molecule has 2 aromatic heterocycles. The van der Waals surface area contributed by atoms with E-state index in [-0.39, 0.29) is 24.2 Å². The molecule has 1 aromatic carbocycles. The lowest BCUT2D eigenvalue weighted by Crippen LogP contribution is -2.47. The maximum absolute atomic E-state index is 13.3. The fraction of sp³-hybridized carbons (Fsp3) is 0.346. The van der Waals surface area contributed by atoms with Gasteiger partial charge in [-0.05, 0) is 54.3 Å². The van der Waals surface area contributed by atoms with Crippen molar-refractivity contribution in [3.63, 3.8) is 0 Å². The van der Waals surface area contributed by atoms with Crippen LogP contribution < -0.4 is 0 Å². The predicted molar refractivity (Wildman–Crippen MR) is 122 cm³/mol. The molecular weight excluding hydrogens is 403 g/mol. The molecule has 0 spiro atoms. The standard InChI is InChI=1S/C26H29FN4O/c27-23-8-6-21(7-9-23)18-26(32)31(20-22-4-3-13-28-19-22)25-11-16-30(17-12-25)15-10-24-5-1-2-14-29-24/h1-9,13-14,19,25H,10-12,15-18,20H2. The molecule has 1 fully saturated rings. The summed E-state index contributed by atoms with van der Waals surface area (Å²) in [6.45, 7) is 3.46. The molecule has 0 saturated carbocycles. The smallest absolute Gasteiger partial charge is 0.227 e. The molecule has 1 amide bonds. The lowest BCUT2D eigenvalue weighted by Gasteiger charge is -2.38. The van der Waals surface area contributed by atoms with Gasteiger partial charge in [0.25, 0.3) is 0 Å². The molecule has 0 radical (unpaired) electrons. The Morgan fingerprint density at radius 2 is 1.81 bits per heavy atom. The van der Waals surface area contributed by atoms with Crippen LogP contribution in [0.25, 0.3) is 0 Å². The number of amides is 1. The zero-order valence-electron chi connectivity index (χ0n) is 18.2. The second-order valence-electron chi connectivity index (χ2n) is 8.33. The van der Waals surface area contributed by atoms with E-state index in [9.17, 15) is 9.18 Å². The normalized spacial score (nSPS) is 14.9. The second-order valence-corrected chi connectivity index (χ2v) is 8.33. The summed E-state index contributed by atoms with van der Waals surface area (Å²) < 4.78 is 13.3. The van der Waals surface area contributed by atoms with E-state index < -0.39 is 0 Å². The number of pyridine rings is 2. The predicted octanol–water partition coefficient (Wildman–Crippen LogP) is 3.89. The van der Waals surface area contributed by atoms with Crippen molar-refractivity contribution in [2.24, 2.45) is 0 Å². The number of hydrogen-bond acceptors (Lipinski definition) is 4. The van der Waals surface area contributed by atoms with Crippen LogP contribution in [0.2, 0.25) is 0 Å². The van der Waals surface area contributed by atoms with Gasteiger partial charge >= 0.3 is 0 Å². The Hall–Kier alpha value is -3.12. The Morgan fingerprint density at radius 1 is 1.00 bits per heavy atom. The van der Waals surface area contributed by atoms with Crippen molar-refractivity contribution in [1.29, 1.82) is 0 Å². The van der Waals surface area contributed by atoms with E-state index in [1.807, 2.05) is 41.6 Å². The maximum Gasteiger partial charge on any atom is 0.227 e. The van der Waals surface area contributed by atoms with Crippen molar-refractivity contribution in [2.75, 3.05) is 19.6 Å². The third-order valence-corrected chi connectivity index (χ3v) is 6.07. The quantitative estimate of drug-likeness (QED) is 0.542. The minimum Gasteiger partial charge on any atom is -0.335 e. The largest absolute Gasteiger partial charge is 0.335 e. The van der Waals surface area contributed by atoms with Gasteiger partial charge in [-0.1, -0.05) is 24.3 Å². The van der Waals surface area contributed by atoms with Crippen LogP contribution in [0.15, 0.2) is 73.2 Å². The van der Waals surface area contributed by atoms with Gasteiger partial charge in [0.15, 0.2) is 0 Å². The summed E-state index contributed by atoms with van der Waals surface area (Å²) in [4.78, 5) is 26.4. The number of hydrogen-bond donors (Lipinski definition) is 0. The third-order valence-electron chi connectivity index (χ3n) is 6.07. The highest BCUT2D eigenvalue weighted by molar-refractivity contribution is 5.79. The molecule has 32 heavy (non-hydrogen) atoms. The number of likely N-dealkylation sites (tertiary alicyclic amines) is 1. The van der Waals surface area contributed by atoms with Crippen LogP contribution in [-0.4, -0.2) is 51.4 Å². The molecular formula is C26H29FN4O. The highest BCUT2D eigenvalue weighted by atomic mass is 19.1. The summed E-state index contributed by atoms with van der Waals surface area (Å²) in [5.74, 6) is -0.209. The highest BCUT2D eigenvalue weighted by Gasteiger charge is 2.28. The molecule has 3 heterocycles. The fourth-order valence-corrected chi connectivity index (χ4v) is 4.26. The van der Waals surface area contributed by atoms with E-state index in [2.05, 4.69) is 20.9 Å². The van der Waals surface area contributed by atoms with Crippen LogP contribution in [0.3, 0.4) is 0 Å². The number of nitrogens with zero attached hydrogens (tertiary/aromatic N) is 4. The van der Waals surface area contributed by atoms with Gasteiger partial charge in [0, 0.05) is 62.9 Å². The molecule has 0 N–H and O–H groups in total. The van der Waals surface area contributed by atoms with Crippen molar-refractivity contribution >= 4 is 5.91 Å². The summed E-state index contributed by atoms with van der Waals surface area (Å²) in [5, 5.41) is 0. The molecule has 1 saturated heterocycles. The second kappa shape index (κ2) is 11.0. The van der Waals surface area contributed by atoms with Gasteiger partial charge in [0.05, 0.1) is 6.42 Å². The number of aromatic nitrogens is 2. The summed E-state index contributed by atoms with van der Waals surface area (Å²) in [5.41, 5.74) is 2.97. The van der Waals surface area contributed by atoms with E-state index in [0.29, 0.717) is 6.54 Å². The van der Waals surface area contributed by atoms with Crippen LogP contribution in [0.1, 0.15) is 29.7 Å². The first-order chi connectivity index (χ1) is 15.7. The summed E-state index contributed by atoms with van der Waals surface area (Å²) in [6.07, 6.45) is 8.50. The van der Waals surface area contributed by atoms with Gasteiger partial charge in [0.1, 0.15) is 5.82 Å². The average Bonchev–Trinajstić information content (AvgIpc) is 2.84. The minimum absolute atomic E-state index is 0.0763. The topological polar surface area (TPSA) is 49.3 Å². The molecule has 3 aromatic rings. The first-order valence-corrected chi connectivity index (χ1v) is 11.2. The summed E-state index contributed by atoms with van der Waals surface area (Å²) in [6, 6.07) is 16.3. The SMILES string of the molecule is O=C(Cc1ccc(F)cc1)N(Cc1cccnc1)C1CCN(CCc2ccccn2)CC1. The summed E-state index contributed by atoms with van der Waals surface area (Å²) >= 11 is 0. The van der Waals surface area contributed by atoms with Gasteiger partial charge in [0.2, 0.25) is 5.91 Å². The van der Waals surface area contributed by atoms with Crippen LogP contribution in [0.5, 0.6) is 0 Å². The minimum atomic E-state index is -0.286.